The van der Waals surface area contributed by atoms with Gasteiger partial charge in [0, 0.05) is 32.6 Å². The Kier molecular flexibility index (Phi) is 39.5. The van der Waals surface area contributed by atoms with Crippen LogP contribution in [0.1, 0.15) is 247 Å². The second-order valence-corrected chi connectivity index (χ2v) is 23.9. The highest BCUT2D eigenvalue weighted by Gasteiger charge is 2.37. The molecule has 58 heavy (non-hydrogen) atoms. The van der Waals surface area contributed by atoms with E-state index in [0.29, 0.717) is 26.1 Å². The zero-order valence-corrected chi connectivity index (χ0v) is 41.1. The molecule has 0 spiro atoms. The van der Waals surface area contributed by atoms with Gasteiger partial charge in [-0.15, -0.1) is 0 Å². The normalized spacial score (nSPS) is 12.7. The van der Waals surface area contributed by atoms with Crippen molar-refractivity contribution in [3.8, 4) is 0 Å². The first-order valence-electron chi connectivity index (χ1n) is 25.3. The van der Waals surface area contributed by atoms with Crippen LogP contribution in [0, 0.1) is 0 Å². The van der Waals surface area contributed by atoms with Gasteiger partial charge in [-0.05, 0) is 95.4 Å². The molecule has 0 aromatic heterocycles. The Hall–Kier alpha value is -0.963. The maximum atomic E-state index is 12.9. The number of hydrogen-bond acceptors (Lipinski definition) is 7. The maximum absolute atomic E-state index is 12.9. The third-order valence-electron chi connectivity index (χ3n) is 12.5. The number of rotatable bonds is 44. The Morgan fingerprint density at radius 2 is 0.931 bits per heavy atom. The first-order chi connectivity index (χ1) is 28.0. The van der Waals surface area contributed by atoms with Crippen LogP contribution < -0.4 is 0 Å². The number of nitrogens with zero attached hydrogens (tertiary/aromatic N) is 1. The minimum absolute atomic E-state index is 0.00516. The van der Waals surface area contributed by atoms with Crippen molar-refractivity contribution in [2.75, 3.05) is 39.5 Å². The van der Waals surface area contributed by atoms with Crippen molar-refractivity contribution >= 4 is 20.3 Å². The molecule has 0 heterocycles. The second-order valence-electron chi connectivity index (χ2n) is 19.1. The van der Waals surface area contributed by atoms with Gasteiger partial charge in [0.1, 0.15) is 6.10 Å². The minimum Gasteiger partial charge on any atom is -0.466 e. The van der Waals surface area contributed by atoms with Crippen molar-refractivity contribution in [2.24, 2.45) is 0 Å². The first kappa shape index (κ1) is 57.0. The predicted molar refractivity (Wildman–Crippen MR) is 251 cm³/mol. The SMILES string of the molecule is CCCCCCCCCOC(=O)CCCCCCCN(CCCCCCCC(=O)OC(CCCCCCCC)CCCCCCCCO)CCO[Si](C)(C)C(C)(C)C. The molecule has 0 aliphatic carbocycles. The maximum Gasteiger partial charge on any atom is 0.306 e. The van der Waals surface area contributed by atoms with E-state index >= 15 is 0 Å². The van der Waals surface area contributed by atoms with E-state index in [0.717, 1.165) is 96.9 Å². The molecular weight excluding hydrogens is 739 g/mol. The molecule has 8 heteroatoms. The Balaban J connectivity index is 4.48. The summed E-state index contributed by atoms with van der Waals surface area (Å²) >= 11 is 0. The van der Waals surface area contributed by atoms with Gasteiger partial charge in [-0.25, -0.2) is 0 Å². The van der Waals surface area contributed by atoms with Crippen molar-refractivity contribution in [3.05, 3.63) is 0 Å². The van der Waals surface area contributed by atoms with Gasteiger partial charge in [0.25, 0.3) is 0 Å². The molecule has 7 nitrogen and oxygen atoms in total. The first-order valence-corrected chi connectivity index (χ1v) is 28.2. The summed E-state index contributed by atoms with van der Waals surface area (Å²) in [4.78, 5) is 27.6. The Bertz CT molecular complexity index is 909. The van der Waals surface area contributed by atoms with E-state index in [1.807, 2.05) is 0 Å². The second kappa shape index (κ2) is 40.1. The third-order valence-corrected chi connectivity index (χ3v) is 17.0. The molecule has 0 amide bonds. The Labute approximate surface area is 362 Å². The molecule has 0 bridgehead atoms. The van der Waals surface area contributed by atoms with Gasteiger partial charge in [0.15, 0.2) is 8.32 Å². The van der Waals surface area contributed by atoms with Gasteiger partial charge in [-0.3, -0.25) is 9.59 Å². The number of hydrogen-bond donors (Lipinski definition) is 1. The number of esters is 2. The number of aliphatic hydroxyl groups is 1. The van der Waals surface area contributed by atoms with E-state index in [2.05, 4.69) is 52.6 Å². The summed E-state index contributed by atoms with van der Waals surface area (Å²) in [5, 5.41) is 9.24. The molecule has 1 unspecified atom stereocenters. The fraction of sp³-hybridized carbons (Fsp3) is 0.960. The van der Waals surface area contributed by atoms with Crippen molar-refractivity contribution in [1.82, 2.24) is 4.90 Å². The predicted octanol–water partition coefficient (Wildman–Crippen LogP) is 14.7. The molecule has 1 atom stereocenters. The topological polar surface area (TPSA) is 85.3 Å². The van der Waals surface area contributed by atoms with Crippen LogP contribution in [0.5, 0.6) is 0 Å². The van der Waals surface area contributed by atoms with Crippen LogP contribution in [0.15, 0.2) is 0 Å². The monoisotopic (exact) mass is 840 g/mol. The standard InChI is InChI=1S/C50H101NO6Si/c1-8-10-12-14-18-28-36-45-55-48(53)39-31-23-19-25-33-41-51(43-46-56-58(6,7)50(3,4)5)42-34-26-20-24-32-40-49(54)57-47(37-29-21-15-13-11-9-2)38-30-22-16-17-27-35-44-52/h47,52H,8-46H2,1-7H3. The van der Waals surface area contributed by atoms with Crippen molar-refractivity contribution in [1.29, 1.82) is 0 Å². The van der Waals surface area contributed by atoms with E-state index in [1.54, 1.807) is 0 Å². The summed E-state index contributed by atoms with van der Waals surface area (Å²) in [6.45, 7) is 21.0. The molecular formula is C50H101NO6Si. The van der Waals surface area contributed by atoms with Crippen molar-refractivity contribution < 1.29 is 28.6 Å². The highest BCUT2D eigenvalue weighted by atomic mass is 28.4. The van der Waals surface area contributed by atoms with E-state index in [1.165, 1.54) is 128 Å². The summed E-state index contributed by atoms with van der Waals surface area (Å²) in [5.41, 5.74) is 0. The average Bonchev–Trinajstić information content (AvgIpc) is 3.18. The summed E-state index contributed by atoms with van der Waals surface area (Å²) in [7, 11) is -1.76. The van der Waals surface area contributed by atoms with Crippen molar-refractivity contribution in [3.63, 3.8) is 0 Å². The van der Waals surface area contributed by atoms with E-state index < -0.39 is 8.32 Å². The Morgan fingerprint density at radius 3 is 1.41 bits per heavy atom. The molecule has 0 saturated heterocycles. The lowest BCUT2D eigenvalue weighted by Gasteiger charge is -2.37. The third kappa shape index (κ3) is 36.9. The molecule has 0 saturated carbocycles. The zero-order valence-electron chi connectivity index (χ0n) is 40.1. The molecule has 1 N–H and O–H groups in total. The summed E-state index contributed by atoms with van der Waals surface area (Å²) in [6, 6.07) is 0. The summed E-state index contributed by atoms with van der Waals surface area (Å²) in [6.07, 6.45) is 37.4. The highest BCUT2D eigenvalue weighted by Crippen LogP contribution is 2.36. The summed E-state index contributed by atoms with van der Waals surface area (Å²) in [5.74, 6) is -0.0135. The highest BCUT2D eigenvalue weighted by molar-refractivity contribution is 6.74. The zero-order chi connectivity index (χ0) is 43.0. The van der Waals surface area contributed by atoms with Gasteiger partial charge in [-0.2, -0.15) is 0 Å². The van der Waals surface area contributed by atoms with Crippen LogP contribution in [-0.4, -0.2) is 75.8 Å². The fourth-order valence-electron chi connectivity index (χ4n) is 7.42. The van der Waals surface area contributed by atoms with Crippen LogP contribution in [0.2, 0.25) is 18.1 Å². The lowest BCUT2D eigenvalue weighted by molar-refractivity contribution is -0.150. The molecule has 0 aromatic rings. The molecule has 0 rings (SSSR count). The van der Waals surface area contributed by atoms with Crippen LogP contribution in [0.25, 0.3) is 0 Å². The minimum atomic E-state index is -1.76. The van der Waals surface area contributed by atoms with Gasteiger partial charge in [0.05, 0.1) is 6.61 Å². The Morgan fingerprint density at radius 1 is 0.517 bits per heavy atom. The van der Waals surface area contributed by atoms with Crippen LogP contribution in [-0.2, 0) is 23.5 Å². The van der Waals surface area contributed by atoms with Gasteiger partial charge < -0.3 is 23.9 Å². The largest absolute Gasteiger partial charge is 0.466 e. The molecule has 0 fully saturated rings. The quantitative estimate of drug-likeness (QED) is 0.0371. The number of carbonyl (C=O) groups excluding carboxylic acids is 2. The van der Waals surface area contributed by atoms with Gasteiger partial charge in [0.2, 0.25) is 0 Å². The van der Waals surface area contributed by atoms with Crippen LogP contribution >= 0.6 is 0 Å². The number of carbonyl (C=O) groups is 2. The van der Waals surface area contributed by atoms with E-state index in [-0.39, 0.29) is 23.1 Å². The number of unbranched alkanes of at least 4 members (excludes halogenated alkanes) is 24. The lowest BCUT2D eigenvalue weighted by Crippen LogP contribution is -2.43. The number of aliphatic hydroxyl groups excluding tert-OH is 1. The molecule has 0 radical (unpaired) electrons. The smallest absolute Gasteiger partial charge is 0.306 e. The van der Waals surface area contributed by atoms with Gasteiger partial charge >= 0.3 is 11.9 Å². The molecule has 346 valence electrons. The molecule has 0 aliphatic rings. The molecule has 0 aromatic carbocycles. The van der Waals surface area contributed by atoms with Crippen LogP contribution in [0.4, 0.5) is 0 Å². The van der Waals surface area contributed by atoms with Crippen molar-refractivity contribution in [2.45, 2.75) is 271 Å². The van der Waals surface area contributed by atoms with E-state index in [4.69, 9.17) is 19.0 Å². The lowest BCUT2D eigenvalue weighted by atomic mass is 10.0. The number of ether oxygens (including phenoxy) is 2. The van der Waals surface area contributed by atoms with Gasteiger partial charge in [-0.1, -0.05) is 169 Å². The van der Waals surface area contributed by atoms with E-state index in [9.17, 15) is 9.59 Å². The van der Waals surface area contributed by atoms with Crippen LogP contribution in [0.3, 0.4) is 0 Å². The fourth-order valence-corrected chi connectivity index (χ4v) is 8.45. The summed E-state index contributed by atoms with van der Waals surface area (Å²) < 4.78 is 18.1. The molecule has 0 aliphatic heterocycles. The average molecular weight is 840 g/mol.